The molecule has 1 aromatic carbocycles. The van der Waals surface area contributed by atoms with Crippen molar-refractivity contribution in [2.75, 3.05) is 6.54 Å². The van der Waals surface area contributed by atoms with Gasteiger partial charge in [-0.15, -0.1) is 0 Å². The smallest absolute Gasteiger partial charge is 0.244 e. The first-order valence-corrected chi connectivity index (χ1v) is 8.65. The van der Waals surface area contributed by atoms with E-state index in [2.05, 4.69) is 5.32 Å². The van der Waals surface area contributed by atoms with Crippen molar-refractivity contribution in [3.63, 3.8) is 0 Å². The first-order chi connectivity index (χ1) is 12.6. The Morgan fingerprint density at radius 1 is 1.27 bits per heavy atom. The number of hydrogen-bond acceptors (Lipinski definition) is 3. The molecule has 1 aliphatic rings. The third kappa shape index (κ3) is 5.31. The summed E-state index contributed by atoms with van der Waals surface area (Å²) in [6.07, 6.45) is 6.62. The summed E-state index contributed by atoms with van der Waals surface area (Å²) in [5, 5.41) is 2.69. The minimum atomic E-state index is -0.304. The van der Waals surface area contributed by atoms with Crippen molar-refractivity contribution in [3.8, 4) is 0 Å². The van der Waals surface area contributed by atoms with Crippen molar-refractivity contribution in [3.05, 3.63) is 65.9 Å². The van der Waals surface area contributed by atoms with Gasteiger partial charge in [0.2, 0.25) is 11.8 Å². The predicted octanol–water partition coefficient (Wildman–Crippen LogP) is 3.13. The summed E-state index contributed by atoms with van der Waals surface area (Å²) in [7, 11) is 0. The number of carbonyl (C=O) groups excluding carboxylic acids is 2. The number of carbonyl (C=O) groups is 2. The van der Waals surface area contributed by atoms with Crippen molar-refractivity contribution >= 4 is 17.9 Å². The first kappa shape index (κ1) is 17.9. The van der Waals surface area contributed by atoms with Crippen LogP contribution < -0.4 is 5.32 Å². The molecule has 5 nitrogen and oxygen atoms in total. The molecule has 0 saturated heterocycles. The Balaban J connectivity index is 1.47. The predicted molar refractivity (Wildman–Crippen MR) is 95.3 cm³/mol. The lowest BCUT2D eigenvalue weighted by Crippen LogP contribution is -2.35. The Morgan fingerprint density at radius 2 is 2.12 bits per heavy atom. The molecule has 1 fully saturated rings. The molecule has 0 radical (unpaired) electrons. The Kier molecular flexibility index (Phi) is 5.84. The van der Waals surface area contributed by atoms with Crippen LogP contribution in [0.5, 0.6) is 0 Å². The highest BCUT2D eigenvalue weighted by atomic mass is 19.1. The highest BCUT2D eigenvalue weighted by molar-refractivity contribution is 5.91. The van der Waals surface area contributed by atoms with Gasteiger partial charge in [0, 0.05) is 31.6 Å². The van der Waals surface area contributed by atoms with E-state index in [9.17, 15) is 14.0 Å². The fourth-order valence-corrected chi connectivity index (χ4v) is 2.68. The molecule has 1 heterocycles. The summed E-state index contributed by atoms with van der Waals surface area (Å²) < 4.78 is 18.4. The summed E-state index contributed by atoms with van der Waals surface area (Å²) in [6.45, 7) is 0.653. The topological polar surface area (TPSA) is 62.6 Å². The standard InChI is InChI=1S/C20H21FN2O3/c21-16-4-1-3-15(13-16)14-23(17-6-7-17)20(25)10-11-22-19(24)9-8-18-5-2-12-26-18/h1-5,8-9,12-13,17H,6-7,10-11,14H2,(H,22,24)/b9-8+. The summed E-state index contributed by atoms with van der Waals surface area (Å²) in [5.41, 5.74) is 0.774. The Hall–Kier alpha value is -2.89. The number of amides is 2. The second kappa shape index (κ2) is 8.47. The van der Waals surface area contributed by atoms with Crippen LogP contribution in [-0.2, 0) is 16.1 Å². The maximum Gasteiger partial charge on any atom is 0.244 e. The average Bonchev–Trinajstić information content (AvgIpc) is 3.32. The Bertz CT molecular complexity index is 782. The third-order valence-corrected chi connectivity index (χ3v) is 4.13. The summed E-state index contributed by atoms with van der Waals surface area (Å²) in [4.78, 5) is 26.0. The van der Waals surface area contributed by atoms with Crippen LogP contribution in [0, 0.1) is 5.82 Å². The molecule has 1 aromatic heterocycles. The van der Waals surface area contributed by atoms with Crippen molar-refractivity contribution in [1.82, 2.24) is 10.2 Å². The van der Waals surface area contributed by atoms with Gasteiger partial charge in [-0.05, 0) is 48.7 Å². The van der Waals surface area contributed by atoms with Gasteiger partial charge < -0.3 is 14.6 Å². The monoisotopic (exact) mass is 356 g/mol. The summed E-state index contributed by atoms with van der Waals surface area (Å²) >= 11 is 0. The van der Waals surface area contributed by atoms with E-state index in [0.29, 0.717) is 12.3 Å². The molecule has 0 spiro atoms. The van der Waals surface area contributed by atoms with E-state index in [1.54, 1.807) is 29.2 Å². The van der Waals surface area contributed by atoms with Gasteiger partial charge in [0.05, 0.1) is 6.26 Å². The fraction of sp³-hybridized carbons (Fsp3) is 0.300. The number of nitrogens with one attached hydrogen (secondary N) is 1. The van der Waals surface area contributed by atoms with Crippen molar-refractivity contribution in [1.29, 1.82) is 0 Å². The molecule has 0 atom stereocenters. The van der Waals surface area contributed by atoms with Gasteiger partial charge in [-0.1, -0.05) is 12.1 Å². The van der Waals surface area contributed by atoms with Crippen LogP contribution in [0.25, 0.3) is 6.08 Å². The van der Waals surface area contributed by atoms with Crippen LogP contribution in [0.15, 0.2) is 53.2 Å². The largest absolute Gasteiger partial charge is 0.465 e. The van der Waals surface area contributed by atoms with Crippen LogP contribution in [0.1, 0.15) is 30.6 Å². The number of hydrogen-bond donors (Lipinski definition) is 1. The van der Waals surface area contributed by atoms with Gasteiger partial charge in [-0.2, -0.15) is 0 Å². The zero-order chi connectivity index (χ0) is 18.4. The van der Waals surface area contributed by atoms with Crippen LogP contribution in [0.4, 0.5) is 4.39 Å². The normalized spacial score (nSPS) is 13.7. The molecule has 0 unspecified atom stereocenters. The number of nitrogens with zero attached hydrogens (tertiary/aromatic N) is 1. The molecule has 1 N–H and O–H groups in total. The maximum absolute atomic E-state index is 13.3. The van der Waals surface area contributed by atoms with Crippen molar-refractivity contribution < 1.29 is 18.4 Å². The van der Waals surface area contributed by atoms with E-state index in [1.807, 2.05) is 6.07 Å². The SMILES string of the molecule is O=C(/C=C/c1ccco1)NCCC(=O)N(Cc1cccc(F)c1)C1CC1. The van der Waals surface area contributed by atoms with Gasteiger partial charge in [0.25, 0.3) is 0 Å². The summed E-state index contributed by atoms with van der Waals surface area (Å²) in [5.74, 6) is -0.0306. The van der Waals surface area contributed by atoms with Crippen LogP contribution >= 0.6 is 0 Å². The zero-order valence-corrected chi connectivity index (χ0v) is 14.4. The van der Waals surface area contributed by atoms with Crippen molar-refractivity contribution in [2.24, 2.45) is 0 Å². The van der Waals surface area contributed by atoms with E-state index < -0.39 is 0 Å². The van der Waals surface area contributed by atoms with Gasteiger partial charge in [0.1, 0.15) is 11.6 Å². The van der Waals surface area contributed by atoms with Crippen molar-refractivity contribution in [2.45, 2.75) is 31.8 Å². The molecule has 2 amide bonds. The highest BCUT2D eigenvalue weighted by Gasteiger charge is 2.32. The minimum absolute atomic E-state index is 0.0351. The number of benzene rings is 1. The molecule has 2 aromatic rings. The van der Waals surface area contributed by atoms with E-state index in [0.717, 1.165) is 18.4 Å². The molecule has 136 valence electrons. The number of halogens is 1. The molecule has 6 heteroatoms. The molecular weight excluding hydrogens is 335 g/mol. The number of rotatable bonds is 8. The van der Waals surface area contributed by atoms with Gasteiger partial charge in [-0.25, -0.2) is 4.39 Å². The molecule has 26 heavy (non-hydrogen) atoms. The zero-order valence-electron chi connectivity index (χ0n) is 14.4. The molecular formula is C20H21FN2O3. The second-order valence-electron chi connectivity index (χ2n) is 6.27. The van der Waals surface area contributed by atoms with E-state index >= 15 is 0 Å². The Morgan fingerprint density at radius 3 is 2.81 bits per heavy atom. The minimum Gasteiger partial charge on any atom is -0.465 e. The van der Waals surface area contributed by atoms with Gasteiger partial charge >= 0.3 is 0 Å². The first-order valence-electron chi connectivity index (χ1n) is 8.65. The average molecular weight is 356 g/mol. The lowest BCUT2D eigenvalue weighted by atomic mass is 10.2. The van der Waals surface area contributed by atoms with E-state index in [4.69, 9.17) is 4.42 Å². The quantitative estimate of drug-likeness (QED) is 0.739. The molecule has 3 rings (SSSR count). The van der Waals surface area contributed by atoms with Crippen LogP contribution in [0.2, 0.25) is 0 Å². The van der Waals surface area contributed by atoms with E-state index in [-0.39, 0.29) is 36.6 Å². The fourth-order valence-electron chi connectivity index (χ4n) is 2.68. The van der Waals surface area contributed by atoms with Gasteiger partial charge in [0.15, 0.2) is 0 Å². The Labute approximate surface area is 151 Å². The van der Waals surface area contributed by atoms with Crippen LogP contribution in [0.3, 0.4) is 0 Å². The highest BCUT2D eigenvalue weighted by Crippen LogP contribution is 2.29. The van der Waals surface area contributed by atoms with Crippen LogP contribution in [-0.4, -0.2) is 29.3 Å². The molecule has 1 saturated carbocycles. The molecule has 1 aliphatic carbocycles. The maximum atomic E-state index is 13.3. The molecule has 0 aliphatic heterocycles. The summed E-state index contributed by atoms with van der Waals surface area (Å²) in [6, 6.07) is 10.00. The van der Waals surface area contributed by atoms with Gasteiger partial charge in [-0.3, -0.25) is 9.59 Å². The lowest BCUT2D eigenvalue weighted by Gasteiger charge is -2.22. The number of furan rings is 1. The molecule has 0 bridgehead atoms. The lowest BCUT2D eigenvalue weighted by molar-refractivity contribution is -0.132. The third-order valence-electron chi connectivity index (χ3n) is 4.13. The van der Waals surface area contributed by atoms with E-state index in [1.165, 1.54) is 24.5 Å². The second-order valence-corrected chi connectivity index (χ2v) is 6.27.